The van der Waals surface area contributed by atoms with Gasteiger partial charge >= 0.3 is 0 Å². The van der Waals surface area contributed by atoms with Gasteiger partial charge < -0.3 is 0 Å². The Morgan fingerprint density at radius 1 is 1.36 bits per heavy atom. The summed E-state index contributed by atoms with van der Waals surface area (Å²) in [6.07, 6.45) is 5.06. The fourth-order valence-electron chi connectivity index (χ4n) is 1.59. The van der Waals surface area contributed by atoms with Gasteiger partial charge in [0.25, 0.3) is 0 Å². The van der Waals surface area contributed by atoms with Crippen molar-refractivity contribution in [2.45, 2.75) is 38.6 Å². The fourth-order valence-corrected chi connectivity index (χ4v) is 1.59. The number of rotatable bonds is 1. The molecule has 1 saturated carbocycles. The average Bonchev–Trinajstić information content (AvgIpc) is 2.55. The zero-order chi connectivity index (χ0) is 7.68. The van der Waals surface area contributed by atoms with Crippen molar-refractivity contribution in [3.05, 3.63) is 5.82 Å². The summed E-state index contributed by atoms with van der Waals surface area (Å²) < 4.78 is 0. The molecule has 0 radical (unpaired) electrons. The van der Waals surface area contributed by atoms with Gasteiger partial charge in [-0.25, -0.2) is 0 Å². The molecule has 0 bridgehead atoms. The van der Waals surface area contributed by atoms with Gasteiger partial charge in [0, 0.05) is 0 Å². The van der Waals surface area contributed by atoms with Crippen LogP contribution in [0.5, 0.6) is 0 Å². The monoisotopic (exact) mass is 152 g/mol. The van der Waals surface area contributed by atoms with E-state index in [1.807, 2.05) is 6.92 Å². The first kappa shape index (κ1) is 6.76. The molecule has 4 heteroatoms. The molecule has 0 saturated heterocycles. The zero-order valence-electron chi connectivity index (χ0n) is 6.69. The highest BCUT2D eigenvalue weighted by atomic mass is 15.6. The molecule has 0 aromatic carbocycles. The van der Waals surface area contributed by atoms with E-state index in [2.05, 4.69) is 15.4 Å². The predicted molar refractivity (Wildman–Crippen MR) is 40.1 cm³/mol. The number of aryl methyl sites for hydroxylation is 1. The van der Waals surface area contributed by atoms with E-state index in [1.54, 1.807) is 4.80 Å². The van der Waals surface area contributed by atoms with E-state index in [1.165, 1.54) is 25.7 Å². The van der Waals surface area contributed by atoms with Crippen LogP contribution in [0, 0.1) is 6.92 Å². The van der Waals surface area contributed by atoms with Crippen molar-refractivity contribution in [3.63, 3.8) is 0 Å². The summed E-state index contributed by atoms with van der Waals surface area (Å²) in [4.78, 5) is 1.77. The lowest BCUT2D eigenvalue weighted by Gasteiger charge is -2.04. The van der Waals surface area contributed by atoms with E-state index in [0.717, 1.165) is 5.82 Å². The SMILES string of the molecule is Cc1nnn(C2CCCC2)n1. The van der Waals surface area contributed by atoms with Crippen LogP contribution in [0.3, 0.4) is 0 Å². The summed E-state index contributed by atoms with van der Waals surface area (Å²) in [6.45, 7) is 1.87. The van der Waals surface area contributed by atoms with E-state index in [9.17, 15) is 0 Å². The Kier molecular flexibility index (Phi) is 1.60. The largest absolute Gasteiger partial charge is 0.171 e. The number of nitrogens with zero attached hydrogens (tertiary/aromatic N) is 4. The first-order chi connectivity index (χ1) is 5.36. The molecule has 4 nitrogen and oxygen atoms in total. The Morgan fingerprint density at radius 3 is 2.64 bits per heavy atom. The van der Waals surface area contributed by atoms with Gasteiger partial charge in [0.1, 0.15) is 0 Å². The van der Waals surface area contributed by atoms with Crippen molar-refractivity contribution in [2.75, 3.05) is 0 Å². The lowest BCUT2D eigenvalue weighted by molar-refractivity contribution is 0.404. The Labute approximate surface area is 65.6 Å². The Hall–Kier alpha value is -0.930. The molecule has 1 heterocycles. The van der Waals surface area contributed by atoms with Crippen LogP contribution in [0.1, 0.15) is 37.5 Å². The van der Waals surface area contributed by atoms with Gasteiger partial charge in [-0.1, -0.05) is 12.8 Å². The van der Waals surface area contributed by atoms with E-state index < -0.39 is 0 Å². The molecule has 60 valence electrons. The van der Waals surface area contributed by atoms with Gasteiger partial charge in [0.05, 0.1) is 6.04 Å². The quantitative estimate of drug-likeness (QED) is 0.605. The third-order valence-electron chi connectivity index (χ3n) is 2.18. The molecule has 0 N–H and O–H groups in total. The van der Waals surface area contributed by atoms with Crippen LogP contribution in [-0.2, 0) is 0 Å². The van der Waals surface area contributed by atoms with Crippen LogP contribution < -0.4 is 0 Å². The Morgan fingerprint density at radius 2 is 2.09 bits per heavy atom. The molecule has 1 aliphatic rings. The topological polar surface area (TPSA) is 43.6 Å². The molecule has 1 aliphatic carbocycles. The fraction of sp³-hybridized carbons (Fsp3) is 0.857. The van der Waals surface area contributed by atoms with Gasteiger partial charge in [-0.05, 0) is 25.0 Å². The van der Waals surface area contributed by atoms with Crippen LogP contribution in [0.25, 0.3) is 0 Å². The smallest absolute Gasteiger partial charge is 0.161 e. The highest BCUT2D eigenvalue weighted by molar-refractivity contribution is 4.73. The molecule has 0 unspecified atom stereocenters. The normalized spacial score (nSPS) is 19.4. The molecule has 1 fully saturated rings. The third-order valence-corrected chi connectivity index (χ3v) is 2.18. The van der Waals surface area contributed by atoms with Gasteiger partial charge in [-0.2, -0.15) is 4.80 Å². The summed E-state index contributed by atoms with van der Waals surface area (Å²) in [5, 5.41) is 12.0. The summed E-state index contributed by atoms with van der Waals surface area (Å²) in [5.41, 5.74) is 0. The Balaban J connectivity index is 2.15. The van der Waals surface area contributed by atoms with Gasteiger partial charge in [-0.15, -0.1) is 10.2 Å². The lowest BCUT2D eigenvalue weighted by Crippen LogP contribution is -2.08. The second-order valence-corrected chi connectivity index (χ2v) is 3.10. The van der Waals surface area contributed by atoms with E-state index in [-0.39, 0.29) is 0 Å². The molecule has 0 atom stereocenters. The van der Waals surface area contributed by atoms with Crippen LogP contribution in [-0.4, -0.2) is 20.2 Å². The van der Waals surface area contributed by atoms with E-state index in [0.29, 0.717) is 6.04 Å². The molecular formula is C7H12N4. The second-order valence-electron chi connectivity index (χ2n) is 3.10. The van der Waals surface area contributed by atoms with Crippen LogP contribution >= 0.6 is 0 Å². The molecule has 0 spiro atoms. The molecular weight excluding hydrogens is 140 g/mol. The van der Waals surface area contributed by atoms with Crippen molar-refractivity contribution < 1.29 is 0 Å². The minimum absolute atomic E-state index is 0.524. The number of hydrogen-bond donors (Lipinski definition) is 0. The maximum atomic E-state index is 4.19. The summed E-state index contributed by atoms with van der Waals surface area (Å²) >= 11 is 0. The van der Waals surface area contributed by atoms with E-state index >= 15 is 0 Å². The minimum atomic E-state index is 0.524. The molecule has 11 heavy (non-hydrogen) atoms. The molecule has 1 aromatic rings. The summed E-state index contributed by atoms with van der Waals surface area (Å²) in [5.74, 6) is 0.775. The molecule has 0 aliphatic heterocycles. The first-order valence-corrected chi connectivity index (χ1v) is 4.12. The third kappa shape index (κ3) is 1.25. The van der Waals surface area contributed by atoms with Gasteiger partial charge in [0.2, 0.25) is 0 Å². The maximum Gasteiger partial charge on any atom is 0.171 e. The van der Waals surface area contributed by atoms with Crippen molar-refractivity contribution in [1.29, 1.82) is 0 Å². The maximum absolute atomic E-state index is 4.19. The number of tetrazole rings is 1. The van der Waals surface area contributed by atoms with Crippen molar-refractivity contribution in [3.8, 4) is 0 Å². The predicted octanol–water partition coefficient (Wildman–Crippen LogP) is 1.10. The van der Waals surface area contributed by atoms with Crippen molar-refractivity contribution >= 4 is 0 Å². The highest BCUT2D eigenvalue weighted by Crippen LogP contribution is 2.27. The lowest BCUT2D eigenvalue weighted by atomic mass is 10.3. The standard InChI is InChI=1S/C7H12N4/c1-6-8-10-11(9-6)7-4-2-3-5-7/h7H,2-5H2,1H3. The minimum Gasteiger partial charge on any atom is -0.161 e. The zero-order valence-corrected chi connectivity index (χ0v) is 6.69. The van der Waals surface area contributed by atoms with Gasteiger partial charge in [0.15, 0.2) is 5.82 Å². The Bertz CT molecular complexity index is 236. The summed E-state index contributed by atoms with van der Waals surface area (Å²) in [6, 6.07) is 0.524. The van der Waals surface area contributed by atoms with Crippen LogP contribution in [0.2, 0.25) is 0 Å². The first-order valence-electron chi connectivity index (χ1n) is 4.12. The number of aromatic nitrogens is 4. The van der Waals surface area contributed by atoms with Gasteiger partial charge in [-0.3, -0.25) is 0 Å². The highest BCUT2D eigenvalue weighted by Gasteiger charge is 2.18. The molecule has 2 rings (SSSR count). The van der Waals surface area contributed by atoms with Crippen LogP contribution in [0.4, 0.5) is 0 Å². The van der Waals surface area contributed by atoms with Crippen LogP contribution in [0.15, 0.2) is 0 Å². The van der Waals surface area contributed by atoms with E-state index in [4.69, 9.17) is 0 Å². The molecule has 1 aromatic heterocycles. The second kappa shape index (κ2) is 2.60. The number of hydrogen-bond acceptors (Lipinski definition) is 3. The summed E-state index contributed by atoms with van der Waals surface area (Å²) in [7, 11) is 0. The average molecular weight is 152 g/mol. The van der Waals surface area contributed by atoms with Crippen molar-refractivity contribution in [1.82, 2.24) is 20.2 Å². The van der Waals surface area contributed by atoms with Crippen molar-refractivity contribution in [2.24, 2.45) is 0 Å². The molecule has 0 amide bonds.